The number of para-hydroxylation sites is 1. The molecule has 0 radical (unpaired) electrons. The molecule has 0 aliphatic rings. The van der Waals surface area contributed by atoms with Gasteiger partial charge < -0.3 is 9.84 Å². The topological polar surface area (TPSA) is 41.8 Å². The Morgan fingerprint density at radius 2 is 2.36 bits per heavy atom. The average Bonchev–Trinajstić information content (AvgIpc) is 2.21. The molecule has 0 bridgehead atoms. The number of rotatable bonds is 4. The highest BCUT2D eigenvalue weighted by atomic mass is 32.1. The molecule has 0 unspecified atom stereocenters. The standard InChI is InChI=1S/C10H13NO2S/c1-13-9-4-2-3-8(10(9)12)7-11-5-6-14/h2-4,7,12,14H,5-6H2,1H3. The fourth-order valence-corrected chi connectivity index (χ4v) is 1.14. The van der Waals surface area contributed by atoms with E-state index >= 15 is 0 Å². The fourth-order valence-electron chi connectivity index (χ4n) is 1.03. The van der Waals surface area contributed by atoms with Crippen LogP contribution in [0.5, 0.6) is 11.5 Å². The van der Waals surface area contributed by atoms with Crippen molar-refractivity contribution in [3.63, 3.8) is 0 Å². The monoisotopic (exact) mass is 211 g/mol. The van der Waals surface area contributed by atoms with Crippen molar-refractivity contribution in [3.8, 4) is 11.5 Å². The van der Waals surface area contributed by atoms with Gasteiger partial charge in [-0.25, -0.2) is 0 Å². The van der Waals surface area contributed by atoms with Crippen LogP contribution in [0.3, 0.4) is 0 Å². The molecule has 4 heteroatoms. The van der Waals surface area contributed by atoms with Gasteiger partial charge in [-0.3, -0.25) is 4.99 Å². The highest BCUT2D eigenvalue weighted by Gasteiger charge is 2.03. The number of phenolic OH excluding ortho intramolecular Hbond substituents is 1. The van der Waals surface area contributed by atoms with E-state index in [2.05, 4.69) is 17.6 Å². The van der Waals surface area contributed by atoms with Crippen LogP contribution in [0.25, 0.3) is 0 Å². The van der Waals surface area contributed by atoms with Crippen LogP contribution in [-0.4, -0.2) is 30.7 Å². The number of methoxy groups -OCH3 is 1. The summed E-state index contributed by atoms with van der Waals surface area (Å²) in [6.45, 7) is 0.639. The Bertz CT molecular complexity index is 326. The van der Waals surface area contributed by atoms with Gasteiger partial charge in [0.25, 0.3) is 0 Å². The van der Waals surface area contributed by atoms with Crippen molar-refractivity contribution in [3.05, 3.63) is 23.8 Å². The van der Waals surface area contributed by atoms with E-state index in [1.807, 2.05) is 0 Å². The third kappa shape index (κ3) is 2.67. The maximum Gasteiger partial charge on any atom is 0.166 e. The number of nitrogens with zero attached hydrogens (tertiary/aromatic N) is 1. The second-order valence-electron chi connectivity index (χ2n) is 2.66. The Morgan fingerprint density at radius 3 is 3.00 bits per heavy atom. The number of phenols is 1. The van der Waals surface area contributed by atoms with Crippen molar-refractivity contribution < 1.29 is 9.84 Å². The van der Waals surface area contributed by atoms with Crippen LogP contribution in [0.4, 0.5) is 0 Å². The van der Waals surface area contributed by atoms with Gasteiger partial charge in [-0.1, -0.05) is 6.07 Å². The molecule has 0 fully saturated rings. The van der Waals surface area contributed by atoms with E-state index in [-0.39, 0.29) is 5.75 Å². The van der Waals surface area contributed by atoms with Crippen molar-refractivity contribution in [1.82, 2.24) is 0 Å². The lowest BCUT2D eigenvalue weighted by Gasteiger charge is -2.04. The molecular formula is C10H13NO2S. The summed E-state index contributed by atoms with van der Waals surface area (Å²) in [6.07, 6.45) is 1.62. The van der Waals surface area contributed by atoms with E-state index in [9.17, 15) is 5.11 Å². The SMILES string of the molecule is COc1cccc(C=NCCS)c1O. The van der Waals surface area contributed by atoms with Crippen LogP contribution in [-0.2, 0) is 0 Å². The average molecular weight is 211 g/mol. The summed E-state index contributed by atoms with van der Waals surface area (Å²) in [7, 11) is 1.52. The van der Waals surface area contributed by atoms with Crippen molar-refractivity contribution in [2.45, 2.75) is 0 Å². The molecule has 1 aromatic carbocycles. The first kappa shape index (κ1) is 10.9. The largest absolute Gasteiger partial charge is 0.504 e. The zero-order chi connectivity index (χ0) is 10.4. The predicted octanol–water partition coefficient (Wildman–Crippen LogP) is 1.75. The Kier molecular flexibility index (Phi) is 4.32. The number of ether oxygens (including phenoxy) is 1. The van der Waals surface area contributed by atoms with Gasteiger partial charge in [-0.2, -0.15) is 12.6 Å². The Labute approximate surface area is 88.8 Å². The molecule has 14 heavy (non-hydrogen) atoms. The minimum atomic E-state index is 0.123. The number of thiol groups is 1. The van der Waals surface area contributed by atoms with E-state index in [0.717, 1.165) is 0 Å². The molecule has 0 aliphatic heterocycles. The quantitative estimate of drug-likeness (QED) is 0.588. The molecule has 0 spiro atoms. The van der Waals surface area contributed by atoms with Crippen LogP contribution in [0.2, 0.25) is 0 Å². The van der Waals surface area contributed by atoms with Gasteiger partial charge in [0.15, 0.2) is 11.5 Å². The van der Waals surface area contributed by atoms with Crippen LogP contribution >= 0.6 is 12.6 Å². The smallest absolute Gasteiger partial charge is 0.166 e. The van der Waals surface area contributed by atoms with Crippen molar-refractivity contribution in [2.75, 3.05) is 19.4 Å². The Morgan fingerprint density at radius 1 is 1.57 bits per heavy atom. The number of hydrogen-bond donors (Lipinski definition) is 2. The molecule has 0 aliphatic carbocycles. The molecule has 3 nitrogen and oxygen atoms in total. The highest BCUT2D eigenvalue weighted by Crippen LogP contribution is 2.27. The molecular weight excluding hydrogens is 198 g/mol. The zero-order valence-electron chi connectivity index (χ0n) is 7.97. The highest BCUT2D eigenvalue weighted by molar-refractivity contribution is 7.80. The molecule has 76 valence electrons. The van der Waals surface area contributed by atoms with Crippen molar-refractivity contribution in [1.29, 1.82) is 0 Å². The van der Waals surface area contributed by atoms with E-state index in [0.29, 0.717) is 23.6 Å². The summed E-state index contributed by atoms with van der Waals surface area (Å²) in [5, 5.41) is 9.65. The van der Waals surface area contributed by atoms with E-state index < -0.39 is 0 Å². The summed E-state index contributed by atoms with van der Waals surface area (Å²) >= 11 is 4.03. The maximum atomic E-state index is 9.65. The molecule has 1 aromatic rings. The van der Waals surface area contributed by atoms with Crippen LogP contribution in [0.15, 0.2) is 23.2 Å². The van der Waals surface area contributed by atoms with Gasteiger partial charge in [0.1, 0.15) is 0 Å². The van der Waals surface area contributed by atoms with Crippen LogP contribution < -0.4 is 4.74 Å². The van der Waals surface area contributed by atoms with Gasteiger partial charge in [-0.15, -0.1) is 0 Å². The van der Waals surface area contributed by atoms with E-state index in [1.165, 1.54) is 7.11 Å². The zero-order valence-corrected chi connectivity index (χ0v) is 8.87. The van der Waals surface area contributed by atoms with Gasteiger partial charge in [0, 0.05) is 24.1 Å². The molecule has 0 saturated heterocycles. The normalized spacial score (nSPS) is 10.7. The molecule has 0 atom stereocenters. The molecule has 1 N–H and O–H groups in total. The first-order chi connectivity index (χ1) is 6.79. The second kappa shape index (κ2) is 5.54. The number of benzene rings is 1. The first-order valence-electron chi connectivity index (χ1n) is 4.26. The minimum absolute atomic E-state index is 0.123. The summed E-state index contributed by atoms with van der Waals surface area (Å²) in [5.74, 6) is 1.28. The van der Waals surface area contributed by atoms with E-state index in [4.69, 9.17) is 4.74 Å². The van der Waals surface area contributed by atoms with Crippen molar-refractivity contribution in [2.24, 2.45) is 4.99 Å². The summed E-state index contributed by atoms with van der Waals surface area (Å²) in [4.78, 5) is 4.08. The third-order valence-corrected chi connectivity index (χ3v) is 1.91. The van der Waals surface area contributed by atoms with Gasteiger partial charge in [0.05, 0.1) is 7.11 Å². The predicted molar refractivity (Wildman–Crippen MR) is 61.0 cm³/mol. The van der Waals surface area contributed by atoms with Gasteiger partial charge in [-0.05, 0) is 12.1 Å². The minimum Gasteiger partial charge on any atom is -0.504 e. The second-order valence-corrected chi connectivity index (χ2v) is 3.10. The molecule has 0 saturated carbocycles. The maximum absolute atomic E-state index is 9.65. The van der Waals surface area contributed by atoms with Crippen LogP contribution in [0, 0.1) is 0 Å². The van der Waals surface area contributed by atoms with E-state index in [1.54, 1.807) is 24.4 Å². The molecule has 1 rings (SSSR count). The number of aliphatic imine (C=N–C) groups is 1. The molecule has 0 heterocycles. The van der Waals surface area contributed by atoms with Crippen molar-refractivity contribution >= 4 is 18.8 Å². The Hall–Kier alpha value is -1.16. The Balaban J connectivity index is 2.86. The summed E-state index contributed by atoms with van der Waals surface area (Å²) in [5.41, 5.74) is 0.658. The summed E-state index contributed by atoms with van der Waals surface area (Å²) < 4.78 is 4.97. The third-order valence-electron chi connectivity index (χ3n) is 1.71. The lowest BCUT2D eigenvalue weighted by Crippen LogP contribution is -1.89. The lowest BCUT2D eigenvalue weighted by molar-refractivity contribution is 0.373. The number of hydrogen-bond acceptors (Lipinski definition) is 4. The van der Waals surface area contributed by atoms with Gasteiger partial charge in [0.2, 0.25) is 0 Å². The lowest BCUT2D eigenvalue weighted by atomic mass is 10.2. The molecule has 0 amide bonds. The fraction of sp³-hybridized carbons (Fsp3) is 0.300. The first-order valence-corrected chi connectivity index (χ1v) is 4.89. The molecule has 0 aromatic heterocycles. The summed E-state index contributed by atoms with van der Waals surface area (Å²) in [6, 6.07) is 5.28. The number of aromatic hydroxyl groups is 1. The van der Waals surface area contributed by atoms with Crippen LogP contribution in [0.1, 0.15) is 5.56 Å². The van der Waals surface area contributed by atoms with Gasteiger partial charge >= 0.3 is 0 Å².